The van der Waals surface area contributed by atoms with Gasteiger partial charge in [0.05, 0.1) is 10.6 Å². The van der Waals surface area contributed by atoms with Crippen LogP contribution < -0.4 is 10.6 Å². The lowest BCUT2D eigenvalue weighted by Gasteiger charge is -2.23. The fourth-order valence-electron chi connectivity index (χ4n) is 2.46. The molecule has 2 aromatic carbocycles. The molecule has 2 N–H and O–H groups in total. The fraction of sp³-hybridized carbons (Fsp3) is 0.263. The van der Waals surface area contributed by atoms with E-state index in [1.54, 1.807) is 6.92 Å². The summed E-state index contributed by atoms with van der Waals surface area (Å²) >= 11 is 17.0. The second-order valence-corrected chi connectivity index (χ2v) is 7.50. The van der Waals surface area contributed by atoms with Crippen molar-refractivity contribution in [3.8, 4) is 0 Å². The molecule has 0 spiro atoms. The lowest BCUT2D eigenvalue weighted by Crippen LogP contribution is -2.49. The van der Waals surface area contributed by atoms with Crippen molar-refractivity contribution in [2.75, 3.05) is 16.5 Å². The molecule has 30 heavy (non-hydrogen) atoms. The minimum Gasteiger partial charge on any atom is -0.323 e. The van der Waals surface area contributed by atoms with Crippen molar-refractivity contribution < 1.29 is 27.2 Å². The highest BCUT2D eigenvalue weighted by molar-refractivity contribution is 6.32. The minimum atomic E-state index is -4.79. The van der Waals surface area contributed by atoms with Crippen LogP contribution in [0.15, 0.2) is 36.4 Å². The number of carbonyl (C=O) groups is 2. The van der Waals surface area contributed by atoms with Gasteiger partial charge in [0.15, 0.2) is 0 Å². The van der Waals surface area contributed by atoms with Gasteiger partial charge in [-0.25, -0.2) is 4.39 Å². The predicted octanol–water partition coefficient (Wildman–Crippen LogP) is 6.24. The van der Waals surface area contributed by atoms with Crippen LogP contribution in [-0.2, 0) is 15.8 Å². The molecule has 0 fully saturated rings. The van der Waals surface area contributed by atoms with Crippen molar-refractivity contribution in [1.29, 1.82) is 0 Å². The maximum Gasteiger partial charge on any atom is 0.417 e. The third-order valence-electron chi connectivity index (χ3n) is 4.10. The number of carbonyl (C=O) groups excluding carboxylic acids is 2. The number of hydrogen-bond donors (Lipinski definition) is 2. The van der Waals surface area contributed by atoms with Gasteiger partial charge in [-0.05, 0) is 48.9 Å². The van der Waals surface area contributed by atoms with Gasteiger partial charge in [0.1, 0.15) is 0 Å². The summed E-state index contributed by atoms with van der Waals surface area (Å²) in [5.74, 6) is -3.19. The Morgan fingerprint density at radius 3 is 1.87 bits per heavy atom. The second kappa shape index (κ2) is 9.41. The third-order valence-corrected chi connectivity index (χ3v) is 5.05. The zero-order chi connectivity index (χ0) is 22.7. The Balaban J connectivity index is 2.28. The van der Waals surface area contributed by atoms with E-state index in [1.165, 1.54) is 18.2 Å². The molecule has 1 atom stereocenters. The molecule has 0 saturated carbocycles. The monoisotopic (exact) mass is 484 g/mol. The fourth-order valence-corrected chi connectivity index (χ4v) is 3.07. The first kappa shape index (κ1) is 24.2. The molecule has 11 heteroatoms. The van der Waals surface area contributed by atoms with Crippen molar-refractivity contribution in [3.63, 3.8) is 0 Å². The molecule has 162 valence electrons. The standard InChI is InChI=1S/C19H15Cl3F4N2O2/c1-10-8-11(2-4-14(10)21)27-16(29)18(23,6-7-20)17(30)28-12-3-5-15(22)13(9-12)19(24,25)26/h2-5,8-9H,6-7H2,1H3,(H,27,29)(H,28,30). The minimum absolute atomic E-state index is 0.178. The molecule has 2 amide bonds. The number of amides is 2. The van der Waals surface area contributed by atoms with E-state index < -0.39 is 46.5 Å². The second-order valence-electron chi connectivity index (χ2n) is 6.30. The molecule has 2 rings (SSSR count). The van der Waals surface area contributed by atoms with Crippen LogP contribution in [0.5, 0.6) is 0 Å². The molecule has 0 bridgehead atoms. The topological polar surface area (TPSA) is 58.2 Å². The highest BCUT2D eigenvalue weighted by Gasteiger charge is 2.46. The zero-order valence-corrected chi connectivity index (χ0v) is 17.6. The summed E-state index contributed by atoms with van der Waals surface area (Å²) in [6.07, 6.45) is -5.50. The number of rotatable bonds is 6. The smallest absolute Gasteiger partial charge is 0.323 e. The van der Waals surface area contributed by atoms with E-state index >= 15 is 4.39 Å². The van der Waals surface area contributed by atoms with E-state index in [0.717, 1.165) is 12.1 Å². The van der Waals surface area contributed by atoms with Gasteiger partial charge >= 0.3 is 6.18 Å². The zero-order valence-electron chi connectivity index (χ0n) is 15.3. The summed E-state index contributed by atoms with van der Waals surface area (Å²) in [6.45, 7) is 1.66. The van der Waals surface area contributed by atoms with Crippen LogP contribution >= 0.6 is 34.8 Å². The van der Waals surface area contributed by atoms with Crippen molar-refractivity contribution in [3.05, 3.63) is 57.6 Å². The van der Waals surface area contributed by atoms with Gasteiger partial charge in [-0.1, -0.05) is 23.2 Å². The Morgan fingerprint density at radius 2 is 1.40 bits per heavy atom. The van der Waals surface area contributed by atoms with Gasteiger partial charge in [0.2, 0.25) is 0 Å². The molecular weight excluding hydrogens is 471 g/mol. The molecule has 0 aliphatic rings. The quantitative estimate of drug-likeness (QED) is 0.289. The Bertz CT molecular complexity index is 969. The Hall–Kier alpha value is -2.03. The van der Waals surface area contributed by atoms with Crippen molar-refractivity contribution in [2.24, 2.45) is 0 Å². The Kier molecular flexibility index (Phi) is 7.60. The molecule has 2 aromatic rings. The predicted molar refractivity (Wildman–Crippen MR) is 109 cm³/mol. The Labute approximate surface area is 184 Å². The molecule has 0 aromatic heterocycles. The molecule has 0 aliphatic heterocycles. The molecule has 4 nitrogen and oxygen atoms in total. The highest BCUT2D eigenvalue weighted by Crippen LogP contribution is 2.36. The van der Waals surface area contributed by atoms with Crippen LogP contribution in [0.2, 0.25) is 10.0 Å². The van der Waals surface area contributed by atoms with Crippen molar-refractivity contribution in [1.82, 2.24) is 0 Å². The molecule has 0 aliphatic carbocycles. The number of nitrogens with one attached hydrogen (secondary N) is 2. The average Bonchev–Trinajstić information content (AvgIpc) is 2.65. The average molecular weight is 486 g/mol. The molecule has 0 radical (unpaired) electrons. The van der Waals surface area contributed by atoms with Crippen molar-refractivity contribution >= 4 is 58.0 Å². The van der Waals surface area contributed by atoms with Gasteiger partial charge in [-0.15, -0.1) is 11.6 Å². The number of benzene rings is 2. The van der Waals surface area contributed by atoms with Gasteiger partial charge in [-0.3, -0.25) is 9.59 Å². The molecular formula is C19H15Cl3F4N2O2. The van der Waals surface area contributed by atoms with E-state index in [4.69, 9.17) is 34.8 Å². The molecule has 1 unspecified atom stereocenters. The number of anilines is 2. The van der Waals surface area contributed by atoms with E-state index in [9.17, 15) is 22.8 Å². The van der Waals surface area contributed by atoms with E-state index in [-0.39, 0.29) is 11.4 Å². The lowest BCUT2D eigenvalue weighted by atomic mass is 9.99. The number of aryl methyl sites for hydroxylation is 1. The van der Waals surface area contributed by atoms with E-state index in [0.29, 0.717) is 16.7 Å². The normalized spacial score (nSPS) is 13.5. The first-order valence-corrected chi connectivity index (χ1v) is 9.68. The summed E-state index contributed by atoms with van der Waals surface area (Å²) in [6, 6.07) is 6.84. The Morgan fingerprint density at radius 1 is 0.900 bits per heavy atom. The van der Waals surface area contributed by atoms with Gasteiger partial charge < -0.3 is 10.6 Å². The van der Waals surface area contributed by atoms with E-state index in [2.05, 4.69) is 5.32 Å². The SMILES string of the molecule is Cc1cc(NC(=O)C(F)(CCCl)C(=O)Nc2ccc(Cl)c(C(F)(F)F)c2)ccc1Cl. The lowest BCUT2D eigenvalue weighted by molar-refractivity contribution is -0.140. The number of hydrogen-bond acceptors (Lipinski definition) is 2. The van der Waals surface area contributed by atoms with Crippen LogP contribution in [0.3, 0.4) is 0 Å². The molecule has 0 heterocycles. The summed E-state index contributed by atoms with van der Waals surface area (Å²) in [5, 5.41) is 4.06. The largest absolute Gasteiger partial charge is 0.417 e. The highest BCUT2D eigenvalue weighted by atomic mass is 35.5. The van der Waals surface area contributed by atoms with Crippen LogP contribution in [0.25, 0.3) is 0 Å². The number of alkyl halides is 5. The van der Waals surface area contributed by atoms with Crippen LogP contribution in [0.1, 0.15) is 17.5 Å². The summed E-state index contributed by atoms with van der Waals surface area (Å²) in [7, 11) is 0. The van der Waals surface area contributed by atoms with Gasteiger partial charge in [0.25, 0.3) is 17.5 Å². The maximum absolute atomic E-state index is 15.4. The van der Waals surface area contributed by atoms with Gasteiger partial charge in [-0.2, -0.15) is 13.2 Å². The van der Waals surface area contributed by atoms with Crippen molar-refractivity contribution in [2.45, 2.75) is 25.2 Å². The summed E-state index contributed by atoms with van der Waals surface area (Å²) in [5.41, 5.74) is -3.97. The maximum atomic E-state index is 15.4. The first-order chi connectivity index (χ1) is 13.9. The number of halogens is 7. The molecule has 0 saturated heterocycles. The first-order valence-electron chi connectivity index (χ1n) is 8.39. The van der Waals surface area contributed by atoms with Crippen LogP contribution in [0.4, 0.5) is 28.9 Å². The van der Waals surface area contributed by atoms with Gasteiger partial charge in [0, 0.05) is 28.7 Å². The van der Waals surface area contributed by atoms with Crippen LogP contribution in [-0.4, -0.2) is 23.4 Å². The third kappa shape index (κ3) is 5.56. The summed E-state index contributed by atoms with van der Waals surface area (Å²) < 4.78 is 54.3. The summed E-state index contributed by atoms with van der Waals surface area (Å²) in [4.78, 5) is 25.0. The van der Waals surface area contributed by atoms with E-state index in [1.807, 2.05) is 5.32 Å². The van der Waals surface area contributed by atoms with Crippen LogP contribution in [0, 0.1) is 6.92 Å².